The van der Waals surface area contributed by atoms with Crippen molar-refractivity contribution < 1.29 is 31.9 Å². The molecule has 0 saturated heterocycles. The minimum atomic E-state index is -4.78. The molecule has 0 radical (unpaired) electrons. The van der Waals surface area contributed by atoms with Crippen molar-refractivity contribution in [3.63, 3.8) is 0 Å². The minimum absolute atomic E-state index is 0.0318. The number of benzene rings is 1. The molecule has 7 nitrogen and oxygen atoms in total. The number of furan rings is 1. The summed E-state index contributed by atoms with van der Waals surface area (Å²) in [4.78, 5) is 30.7. The average Bonchev–Trinajstić information content (AvgIpc) is 3.41. The molecule has 2 unspecified atom stereocenters. The van der Waals surface area contributed by atoms with Crippen LogP contribution in [-0.4, -0.2) is 48.2 Å². The smallest absolute Gasteiger partial charge is 0.449 e. The van der Waals surface area contributed by atoms with Crippen LogP contribution in [0, 0.1) is 11.3 Å². The van der Waals surface area contributed by atoms with Crippen LogP contribution in [0.5, 0.6) is 5.75 Å². The molecule has 1 aliphatic carbocycles. The Morgan fingerprint density at radius 1 is 1.22 bits per heavy atom. The molecular formula is C27H32F3N3O4. The molecule has 2 amide bonds. The van der Waals surface area contributed by atoms with Crippen molar-refractivity contribution in [2.24, 2.45) is 11.3 Å². The van der Waals surface area contributed by atoms with Crippen molar-refractivity contribution in [1.82, 2.24) is 15.2 Å². The molecule has 4 rings (SSSR count). The van der Waals surface area contributed by atoms with Gasteiger partial charge in [0, 0.05) is 37.3 Å². The van der Waals surface area contributed by atoms with E-state index in [2.05, 4.69) is 22.0 Å². The van der Waals surface area contributed by atoms with Gasteiger partial charge in [-0.15, -0.1) is 13.2 Å². The Bertz CT molecular complexity index is 1180. The zero-order chi connectivity index (χ0) is 27.2. The molecule has 1 N–H and O–H groups in total. The summed E-state index contributed by atoms with van der Waals surface area (Å²) in [6.45, 7) is 7.10. The van der Waals surface area contributed by atoms with E-state index in [1.165, 1.54) is 12.1 Å². The number of hydrogen-bond donors (Lipinski definition) is 1. The Labute approximate surface area is 214 Å². The van der Waals surface area contributed by atoms with Crippen LogP contribution in [0.2, 0.25) is 0 Å². The number of rotatable bonds is 9. The number of nitrogens with one attached hydrogen (secondary N) is 1. The van der Waals surface area contributed by atoms with Gasteiger partial charge < -0.3 is 19.4 Å². The number of alkyl halides is 3. The lowest BCUT2D eigenvalue weighted by atomic mass is 9.95. The van der Waals surface area contributed by atoms with Crippen LogP contribution >= 0.6 is 0 Å². The minimum Gasteiger partial charge on any atom is -0.449 e. The Morgan fingerprint density at radius 3 is 2.54 bits per heavy atom. The van der Waals surface area contributed by atoms with Gasteiger partial charge in [-0.1, -0.05) is 27.2 Å². The van der Waals surface area contributed by atoms with Crippen molar-refractivity contribution in [3.8, 4) is 5.75 Å². The lowest BCUT2D eigenvalue weighted by Gasteiger charge is -2.22. The zero-order valence-corrected chi connectivity index (χ0v) is 21.4. The van der Waals surface area contributed by atoms with Crippen LogP contribution in [-0.2, 0) is 0 Å². The standard InChI is InChI=1S/C25H26F3N3O4.C2H6/c1-3-24(9-11-31(2)23(33)16-4-6-19(7-5-16)35-25(26,27)28)13-18(24)14-30-22(32)20-12-17-8-10-29-15-21(17)34-20;1-2/h4-8,10,12,15,18H,3,9,11,13-14H2,1-2H3,(H,30,32);1-2H3. The fourth-order valence-electron chi connectivity index (χ4n) is 4.45. The summed E-state index contributed by atoms with van der Waals surface area (Å²) in [6.07, 6.45) is 1.04. The molecule has 1 saturated carbocycles. The lowest BCUT2D eigenvalue weighted by molar-refractivity contribution is -0.274. The Kier molecular flexibility index (Phi) is 8.83. The third-order valence-electron chi connectivity index (χ3n) is 6.75. The van der Waals surface area contributed by atoms with Gasteiger partial charge in [-0.2, -0.15) is 0 Å². The van der Waals surface area contributed by atoms with E-state index in [0.717, 1.165) is 36.8 Å². The molecule has 0 aliphatic heterocycles. The molecular weight excluding hydrogens is 487 g/mol. The molecule has 3 aromatic rings. The van der Waals surface area contributed by atoms with Gasteiger partial charge in [-0.05, 0) is 60.6 Å². The van der Waals surface area contributed by atoms with E-state index in [9.17, 15) is 22.8 Å². The van der Waals surface area contributed by atoms with E-state index in [0.29, 0.717) is 24.6 Å². The number of hydrogen-bond acceptors (Lipinski definition) is 5. The number of ether oxygens (including phenoxy) is 1. The molecule has 1 aliphatic rings. The van der Waals surface area contributed by atoms with Crippen molar-refractivity contribution in [1.29, 1.82) is 0 Å². The first kappa shape index (κ1) is 28.0. The maximum atomic E-state index is 12.7. The van der Waals surface area contributed by atoms with E-state index < -0.39 is 6.36 Å². The molecule has 0 spiro atoms. The summed E-state index contributed by atoms with van der Waals surface area (Å²) in [5.74, 6) is -0.385. The fourth-order valence-corrected chi connectivity index (χ4v) is 4.45. The quantitative estimate of drug-likeness (QED) is 0.371. The average molecular weight is 520 g/mol. The van der Waals surface area contributed by atoms with E-state index in [4.69, 9.17) is 4.42 Å². The predicted octanol–water partition coefficient (Wildman–Crippen LogP) is 6.06. The third-order valence-corrected chi connectivity index (χ3v) is 6.75. The normalized spacial score (nSPS) is 18.5. The zero-order valence-electron chi connectivity index (χ0n) is 21.4. The Morgan fingerprint density at radius 2 is 1.92 bits per heavy atom. The molecule has 0 bridgehead atoms. The maximum absolute atomic E-state index is 12.7. The molecule has 10 heteroatoms. The molecule has 2 heterocycles. The summed E-state index contributed by atoms with van der Waals surface area (Å²) in [7, 11) is 1.67. The second kappa shape index (κ2) is 11.7. The van der Waals surface area contributed by atoms with E-state index in [1.807, 2.05) is 13.8 Å². The van der Waals surface area contributed by atoms with E-state index >= 15 is 0 Å². The van der Waals surface area contributed by atoms with Crippen molar-refractivity contribution in [3.05, 3.63) is 60.1 Å². The molecule has 1 fully saturated rings. The predicted molar refractivity (Wildman–Crippen MR) is 133 cm³/mol. The van der Waals surface area contributed by atoms with Crippen LogP contribution in [0.4, 0.5) is 13.2 Å². The summed E-state index contributed by atoms with van der Waals surface area (Å²) in [5, 5.41) is 3.76. The summed E-state index contributed by atoms with van der Waals surface area (Å²) in [6, 6.07) is 8.36. The largest absolute Gasteiger partial charge is 0.573 e. The van der Waals surface area contributed by atoms with Gasteiger partial charge >= 0.3 is 6.36 Å². The number of carbonyl (C=O) groups excluding carboxylic acids is 2. The lowest BCUT2D eigenvalue weighted by Crippen LogP contribution is -2.31. The number of aromatic nitrogens is 1. The van der Waals surface area contributed by atoms with E-state index in [-0.39, 0.29) is 34.3 Å². The van der Waals surface area contributed by atoms with Crippen LogP contribution in [0.1, 0.15) is 60.9 Å². The van der Waals surface area contributed by atoms with Crippen molar-refractivity contribution >= 4 is 22.8 Å². The van der Waals surface area contributed by atoms with Crippen LogP contribution < -0.4 is 10.1 Å². The summed E-state index contributed by atoms with van der Waals surface area (Å²) < 4.78 is 46.3. The van der Waals surface area contributed by atoms with Crippen LogP contribution in [0.3, 0.4) is 0 Å². The third kappa shape index (κ3) is 7.02. The molecule has 37 heavy (non-hydrogen) atoms. The number of amides is 2. The number of halogens is 3. The van der Waals surface area contributed by atoms with E-state index in [1.54, 1.807) is 36.5 Å². The van der Waals surface area contributed by atoms with Gasteiger partial charge in [0.2, 0.25) is 0 Å². The highest BCUT2D eigenvalue weighted by Crippen LogP contribution is 2.57. The second-order valence-corrected chi connectivity index (χ2v) is 8.90. The molecule has 2 atom stereocenters. The number of pyridine rings is 1. The number of nitrogens with zero attached hydrogens (tertiary/aromatic N) is 2. The molecule has 1 aromatic carbocycles. The van der Waals surface area contributed by atoms with Crippen LogP contribution in [0.25, 0.3) is 11.0 Å². The fraction of sp³-hybridized carbons (Fsp3) is 0.444. The number of fused-ring (bicyclic) bond motifs is 1. The van der Waals surface area contributed by atoms with Crippen molar-refractivity contribution in [2.75, 3.05) is 20.1 Å². The van der Waals surface area contributed by atoms with Gasteiger partial charge in [-0.3, -0.25) is 14.6 Å². The maximum Gasteiger partial charge on any atom is 0.573 e. The summed E-state index contributed by atoms with van der Waals surface area (Å²) in [5.41, 5.74) is 0.875. The highest BCUT2D eigenvalue weighted by Gasteiger charge is 2.51. The molecule has 2 aromatic heterocycles. The van der Waals surface area contributed by atoms with Gasteiger partial charge in [0.15, 0.2) is 11.3 Å². The first-order chi connectivity index (χ1) is 17.6. The first-order valence-electron chi connectivity index (χ1n) is 12.3. The molecule has 200 valence electrons. The highest BCUT2D eigenvalue weighted by molar-refractivity contribution is 5.96. The highest BCUT2D eigenvalue weighted by atomic mass is 19.4. The topological polar surface area (TPSA) is 84.7 Å². The summed E-state index contributed by atoms with van der Waals surface area (Å²) >= 11 is 0. The SMILES string of the molecule is CC.CCC1(CCN(C)C(=O)c2ccc(OC(F)(F)F)cc2)CC1CNC(=O)c1cc2ccncc2o1. The van der Waals surface area contributed by atoms with Crippen LogP contribution in [0.15, 0.2) is 53.2 Å². The first-order valence-corrected chi connectivity index (χ1v) is 12.3. The van der Waals surface area contributed by atoms with Gasteiger partial charge in [0.25, 0.3) is 11.8 Å². The number of carbonyl (C=O) groups is 2. The Balaban J connectivity index is 0.00000186. The van der Waals surface area contributed by atoms with Gasteiger partial charge in [-0.25, -0.2) is 0 Å². The van der Waals surface area contributed by atoms with Gasteiger partial charge in [0.05, 0.1) is 6.20 Å². The second-order valence-electron chi connectivity index (χ2n) is 8.90. The van der Waals surface area contributed by atoms with Gasteiger partial charge in [0.1, 0.15) is 5.75 Å². The Hall–Kier alpha value is -3.56. The monoisotopic (exact) mass is 519 g/mol. The van der Waals surface area contributed by atoms with Crippen molar-refractivity contribution in [2.45, 2.75) is 46.4 Å².